The SMILES string of the molecule is CC(=O)OC[C@@H]1O[C@@H](SCCOc2ccc(Br)cc2)[C@H](OC(C)=O)[C@H](OC(C)=O)[C@@H]1OC(C)=O. The number of esters is 4. The van der Waals surface area contributed by atoms with Gasteiger partial charge >= 0.3 is 23.9 Å². The van der Waals surface area contributed by atoms with E-state index < -0.39 is 53.7 Å². The van der Waals surface area contributed by atoms with Crippen LogP contribution in [0.1, 0.15) is 27.7 Å². The minimum atomic E-state index is -1.18. The number of rotatable bonds is 10. The van der Waals surface area contributed by atoms with Gasteiger partial charge in [0.2, 0.25) is 0 Å². The van der Waals surface area contributed by atoms with Crippen molar-refractivity contribution in [1.29, 1.82) is 0 Å². The van der Waals surface area contributed by atoms with E-state index in [9.17, 15) is 19.2 Å². The van der Waals surface area contributed by atoms with Gasteiger partial charge in [0.05, 0.1) is 6.61 Å². The van der Waals surface area contributed by atoms with Gasteiger partial charge < -0.3 is 28.4 Å². The Labute approximate surface area is 210 Å². The van der Waals surface area contributed by atoms with Gasteiger partial charge in [0.15, 0.2) is 18.3 Å². The highest BCUT2D eigenvalue weighted by atomic mass is 79.9. The van der Waals surface area contributed by atoms with Crippen molar-refractivity contribution in [2.24, 2.45) is 0 Å². The molecule has 188 valence electrons. The molecule has 0 unspecified atom stereocenters. The number of benzene rings is 1. The lowest BCUT2D eigenvalue weighted by Gasteiger charge is -2.44. The molecule has 0 radical (unpaired) electrons. The third-order valence-electron chi connectivity index (χ3n) is 4.40. The van der Waals surface area contributed by atoms with E-state index in [0.717, 1.165) is 4.47 Å². The second-order valence-corrected chi connectivity index (χ2v) is 9.36. The zero-order valence-corrected chi connectivity index (χ0v) is 21.6. The van der Waals surface area contributed by atoms with Crippen molar-refractivity contribution in [2.75, 3.05) is 19.0 Å². The van der Waals surface area contributed by atoms with Crippen molar-refractivity contribution >= 4 is 51.6 Å². The molecule has 0 saturated carbocycles. The average molecular weight is 563 g/mol. The van der Waals surface area contributed by atoms with E-state index in [-0.39, 0.29) is 6.61 Å². The summed E-state index contributed by atoms with van der Waals surface area (Å²) >= 11 is 4.61. The molecule has 34 heavy (non-hydrogen) atoms. The van der Waals surface area contributed by atoms with Gasteiger partial charge in [0.1, 0.15) is 23.9 Å². The Bertz CT molecular complexity index is 862. The highest BCUT2D eigenvalue weighted by Crippen LogP contribution is 2.34. The van der Waals surface area contributed by atoms with Gasteiger partial charge in [-0.25, -0.2) is 0 Å². The molecule has 1 aliphatic rings. The van der Waals surface area contributed by atoms with Crippen molar-refractivity contribution in [2.45, 2.75) is 57.5 Å². The number of hydrogen-bond donors (Lipinski definition) is 0. The fraction of sp³-hybridized carbons (Fsp3) is 0.545. The van der Waals surface area contributed by atoms with Crippen LogP contribution in [0.5, 0.6) is 5.75 Å². The van der Waals surface area contributed by atoms with E-state index in [1.807, 2.05) is 24.3 Å². The topological polar surface area (TPSA) is 124 Å². The lowest BCUT2D eigenvalue weighted by atomic mass is 9.99. The molecule has 1 aromatic carbocycles. The Morgan fingerprint density at radius 1 is 0.853 bits per heavy atom. The third kappa shape index (κ3) is 9.15. The molecule has 0 aliphatic carbocycles. The highest BCUT2D eigenvalue weighted by Gasteiger charge is 2.52. The van der Waals surface area contributed by atoms with Gasteiger partial charge in [-0.1, -0.05) is 15.9 Å². The van der Waals surface area contributed by atoms with Crippen LogP contribution in [0.15, 0.2) is 28.7 Å². The molecule has 0 amide bonds. The van der Waals surface area contributed by atoms with E-state index in [0.29, 0.717) is 18.1 Å². The minimum absolute atomic E-state index is 0.260. The van der Waals surface area contributed by atoms with Crippen molar-refractivity contribution in [3.05, 3.63) is 28.7 Å². The van der Waals surface area contributed by atoms with E-state index >= 15 is 0 Å². The van der Waals surface area contributed by atoms with Crippen LogP contribution >= 0.6 is 27.7 Å². The molecule has 1 saturated heterocycles. The lowest BCUT2D eigenvalue weighted by Crippen LogP contribution is -2.61. The predicted octanol–water partition coefficient (Wildman–Crippen LogP) is 2.64. The molecule has 1 fully saturated rings. The lowest BCUT2D eigenvalue weighted by molar-refractivity contribution is -0.237. The summed E-state index contributed by atoms with van der Waals surface area (Å²) in [5, 5.41) is 0. The molecule has 1 heterocycles. The summed E-state index contributed by atoms with van der Waals surface area (Å²) in [5.74, 6) is -1.45. The Hall–Kier alpha value is -2.31. The van der Waals surface area contributed by atoms with Crippen LogP contribution < -0.4 is 4.74 Å². The molecule has 12 heteroatoms. The summed E-state index contributed by atoms with van der Waals surface area (Å²) in [7, 11) is 0. The molecule has 0 N–H and O–H groups in total. The first kappa shape index (κ1) is 27.9. The number of halogens is 1. The number of carbonyl (C=O) groups excluding carboxylic acids is 4. The zero-order chi connectivity index (χ0) is 25.3. The molecule has 2 rings (SSSR count). The standard InChI is InChI=1S/C22H27BrO10S/c1-12(24)29-11-18-19(30-13(2)25)20(31-14(3)26)21(32-15(4)27)22(33-18)34-10-9-28-17-7-5-16(23)6-8-17/h5-8,18-22H,9-11H2,1-4H3/t18-,19+,20+,21+,22-/m0/s1. The van der Waals surface area contributed by atoms with Crippen molar-refractivity contribution < 1.29 is 47.6 Å². The quantitative estimate of drug-likeness (QED) is 0.237. The molecule has 5 atom stereocenters. The smallest absolute Gasteiger partial charge is 0.303 e. The molecule has 10 nitrogen and oxygen atoms in total. The average Bonchev–Trinajstić information content (AvgIpc) is 2.74. The van der Waals surface area contributed by atoms with Crippen molar-refractivity contribution in [1.82, 2.24) is 0 Å². The van der Waals surface area contributed by atoms with Crippen LogP contribution in [0.4, 0.5) is 0 Å². The highest BCUT2D eigenvalue weighted by molar-refractivity contribution is 9.10. The normalized spacial score (nSPS) is 24.0. The predicted molar refractivity (Wildman–Crippen MR) is 124 cm³/mol. The third-order valence-corrected chi connectivity index (χ3v) is 6.03. The summed E-state index contributed by atoms with van der Waals surface area (Å²) < 4.78 is 33.9. The van der Waals surface area contributed by atoms with Crippen molar-refractivity contribution in [3.63, 3.8) is 0 Å². The summed E-state index contributed by atoms with van der Waals surface area (Å²) in [4.78, 5) is 46.8. The number of hydrogen-bond acceptors (Lipinski definition) is 11. The van der Waals surface area contributed by atoms with Gasteiger partial charge in [-0.2, -0.15) is 0 Å². The van der Waals surface area contributed by atoms with Gasteiger partial charge in [-0.05, 0) is 24.3 Å². The zero-order valence-electron chi connectivity index (χ0n) is 19.2. The summed E-state index contributed by atoms with van der Waals surface area (Å²) in [6, 6.07) is 7.32. The Morgan fingerprint density at radius 2 is 1.41 bits per heavy atom. The summed E-state index contributed by atoms with van der Waals surface area (Å²) in [6.45, 7) is 4.83. The summed E-state index contributed by atoms with van der Waals surface area (Å²) in [6.07, 6.45) is -4.39. The number of carbonyl (C=O) groups is 4. The monoisotopic (exact) mass is 562 g/mol. The Morgan fingerprint density at radius 3 is 1.97 bits per heavy atom. The van der Waals surface area contributed by atoms with E-state index in [2.05, 4.69) is 15.9 Å². The first-order valence-electron chi connectivity index (χ1n) is 10.4. The van der Waals surface area contributed by atoms with E-state index in [4.69, 9.17) is 28.4 Å². The van der Waals surface area contributed by atoms with Gasteiger partial charge in [0, 0.05) is 37.9 Å². The van der Waals surface area contributed by atoms with E-state index in [1.165, 1.54) is 39.5 Å². The molecule has 0 aromatic heterocycles. The molecular weight excluding hydrogens is 536 g/mol. The second-order valence-electron chi connectivity index (χ2n) is 7.24. The van der Waals surface area contributed by atoms with Gasteiger partial charge in [0.25, 0.3) is 0 Å². The first-order valence-corrected chi connectivity index (χ1v) is 12.2. The van der Waals surface area contributed by atoms with Crippen LogP contribution in [0.25, 0.3) is 0 Å². The number of ether oxygens (including phenoxy) is 6. The molecule has 1 aromatic rings. The molecule has 0 bridgehead atoms. The van der Waals surface area contributed by atoms with Crippen LogP contribution in [0.3, 0.4) is 0 Å². The van der Waals surface area contributed by atoms with Gasteiger partial charge in [-0.3, -0.25) is 19.2 Å². The maximum Gasteiger partial charge on any atom is 0.303 e. The second kappa shape index (κ2) is 13.5. The molecular formula is C22H27BrO10S. The van der Waals surface area contributed by atoms with Crippen LogP contribution in [0, 0.1) is 0 Å². The van der Waals surface area contributed by atoms with Crippen LogP contribution in [0.2, 0.25) is 0 Å². The van der Waals surface area contributed by atoms with E-state index in [1.54, 1.807) is 0 Å². The van der Waals surface area contributed by atoms with Gasteiger partial charge in [-0.15, -0.1) is 11.8 Å². The fourth-order valence-electron chi connectivity index (χ4n) is 3.18. The van der Waals surface area contributed by atoms with Crippen molar-refractivity contribution in [3.8, 4) is 5.75 Å². The first-order chi connectivity index (χ1) is 16.1. The summed E-state index contributed by atoms with van der Waals surface area (Å²) in [5.41, 5.74) is -0.825. The Balaban J connectivity index is 2.20. The maximum absolute atomic E-state index is 11.8. The fourth-order valence-corrected chi connectivity index (χ4v) is 4.48. The number of thioether (sulfide) groups is 1. The maximum atomic E-state index is 11.8. The van der Waals surface area contributed by atoms with Crippen LogP contribution in [-0.2, 0) is 42.9 Å². The Kier molecular flexibility index (Phi) is 11.1. The molecule has 0 spiro atoms. The molecule has 1 aliphatic heterocycles. The van der Waals surface area contributed by atoms with Crippen LogP contribution in [-0.4, -0.2) is 72.7 Å². The largest absolute Gasteiger partial charge is 0.493 e. The minimum Gasteiger partial charge on any atom is -0.493 e.